The first-order valence-corrected chi connectivity index (χ1v) is 5.50. The predicted molar refractivity (Wildman–Crippen MR) is 57.8 cm³/mol. The highest BCUT2D eigenvalue weighted by atomic mass is 16.2. The van der Waals surface area contributed by atoms with Gasteiger partial charge in [-0.15, -0.1) is 0 Å². The van der Waals surface area contributed by atoms with Gasteiger partial charge in [-0.05, 0) is 24.7 Å². The Morgan fingerprint density at radius 3 is 2.64 bits per heavy atom. The van der Waals surface area contributed by atoms with Gasteiger partial charge in [-0.3, -0.25) is 4.79 Å². The standard InChI is InChI=1S/C11H22N2O/c1-4-8(12)5-6-13-10(14)9-7-11(9,2)3/h8-9H,4-7,12H2,1-3H3,(H,13,14). The van der Waals surface area contributed by atoms with Crippen LogP contribution in [0.5, 0.6) is 0 Å². The van der Waals surface area contributed by atoms with Crippen molar-refractivity contribution in [1.82, 2.24) is 5.32 Å². The number of carbonyl (C=O) groups excluding carboxylic acids is 1. The van der Waals surface area contributed by atoms with Gasteiger partial charge in [-0.2, -0.15) is 0 Å². The molecule has 0 radical (unpaired) electrons. The molecule has 0 aliphatic heterocycles. The van der Waals surface area contributed by atoms with Crippen LogP contribution in [0.4, 0.5) is 0 Å². The Bertz CT molecular complexity index is 213. The maximum atomic E-state index is 11.5. The molecule has 1 saturated carbocycles. The molecular weight excluding hydrogens is 176 g/mol. The number of hydrogen-bond acceptors (Lipinski definition) is 2. The number of hydrogen-bond donors (Lipinski definition) is 2. The van der Waals surface area contributed by atoms with Gasteiger partial charge in [-0.1, -0.05) is 20.8 Å². The highest BCUT2D eigenvalue weighted by Gasteiger charge is 2.50. The van der Waals surface area contributed by atoms with Crippen LogP contribution < -0.4 is 11.1 Å². The maximum Gasteiger partial charge on any atom is 0.223 e. The van der Waals surface area contributed by atoms with Crippen molar-refractivity contribution >= 4 is 5.91 Å². The van der Waals surface area contributed by atoms with E-state index in [1.54, 1.807) is 0 Å². The lowest BCUT2D eigenvalue weighted by molar-refractivity contribution is -0.122. The molecule has 0 aromatic rings. The summed E-state index contributed by atoms with van der Waals surface area (Å²) in [7, 11) is 0. The van der Waals surface area contributed by atoms with Crippen molar-refractivity contribution in [1.29, 1.82) is 0 Å². The molecule has 0 bridgehead atoms. The highest BCUT2D eigenvalue weighted by Crippen LogP contribution is 2.51. The van der Waals surface area contributed by atoms with Gasteiger partial charge < -0.3 is 11.1 Å². The van der Waals surface area contributed by atoms with Crippen LogP contribution in [0.2, 0.25) is 0 Å². The van der Waals surface area contributed by atoms with Gasteiger partial charge in [0, 0.05) is 18.5 Å². The smallest absolute Gasteiger partial charge is 0.223 e. The zero-order valence-electron chi connectivity index (χ0n) is 9.47. The van der Waals surface area contributed by atoms with Gasteiger partial charge in [0.25, 0.3) is 0 Å². The summed E-state index contributed by atoms with van der Waals surface area (Å²) in [5.41, 5.74) is 5.99. The molecule has 1 aliphatic carbocycles. The van der Waals surface area contributed by atoms with Gasteiger partial charge >= 0.3 is 0 Å². The van der Waals surface area contributed by atoms with E-state index >= 15 is 0 Å². The first kappa shape index (κ1) is 11.5. The van der Waals surface area contributed by atoms with Crippen LogP contribution in [0.15, 0.2) is 0 Å². The van der Waals surface area contributed by atoms with Crippen molar-refractivity contribution < 1.29 is 4.79 Å². The Labute approximate surface area is 86.4 Å². The largest absolute Gasteiger partial charge is 0.356 e. The zero-order valence-corrected chi connectivity index (χ0v) is 9.47. The molecule has 3 N–H and O–H groups in total. The minimum Gasteiger partial charge on any atom is -0.356 e. The fourth-order valence-electron chi connectivity index (χ4n) is 1.62. The number of nitrogens with two attached hydrogens (primary N) is 1. The second kappa shape index (κ2) is 4.30. The summed E-state index contributed by atoms with van der Waals surface area (Å²) >= 11 is 0. The summed E-state index contributed by atoms with van der Waals surface area (Å²) in [6, 6.07) is 0.225. The molecule has 0 saturated heterocycles. The number of nitrogens with one attached hydrogen (secondary N) is 1. The molecule has 1 aliphatic rings. The van der Waals surface area contributed by atoms with Crippen molar-refractivity contribution in [2.24, 2.45) is 17.1 Å². The van der Waals surface area contributed by atoms with Crippen LogP contribution in [-0.2, 0) is 4.79 Å². The maximum absolute atomic E-state index is 11.5. The summed E-state index contributed by atoms with van der Waals surface area (Å²) in [6.45, 7) is 7.06. The van der Waals surface area contributed by atoms with E-state index in [0.717, 1.165) is 25.8 Å². The van der Waals surface area contributed by atoms with Crippen LogP contribution >= 0.6 is 0 Å². The molecule has 3 heteroatoms. The lowest BCUT2D eigenvalue weighted by Gasteiger charge is -2.10. The average molecular weight is 198 g/mol. The highest BCUT2D eigenvalue weighted by molar-refractivity contribution is 5.82. The molecule has 0 aromatic carbocycles. The van der Waals surface area contributed by atoms with Crippen molar-refractivity contribution in [2.75, 3.05) is 6.54 Å². The molecule has 2 unspecified atom stereocenters. The summed E-state index contributed by atoms with van der Waals surface area (Å²) in [5, 5.41) is 2.95. The van der Waals surface area contributed by atoms with Gasteiger partial charge in [0.15, 0.2) is 0 Å². The van der Waals surface area contributed by atoms with E-state index in [4.69, 9.17) is 5.73 Å². The third-order valence-electron chi connectivity index (χ3n) is 3.17. The molecular formula is C11H22N2O. The number of rotatable bonds is 5. The summed E-state index contributed by atoms with van der Waals surface area (Å²) in [6.07, 6.45) is 2.89. The topological polar surface area (TPSA) is 55.1 Å². The van der Waals surface area contributed by atoms with Gasteiger partial charge in [0.1, 0.15) is 0 Å². The summed E-state index contributed by atoms with van der Waals surface area (Å²) < 4.78 is 0. The molecule has 0 spiro atoms. The molecule has 14 heavy (non-hydrogen) atoms. The monoisotopic (exact) mass is 198 g/mol. The van der Waals surface area contributed by atoms with E-state index in [9.17, 15) is 4.79 Å². The number of amides is 1. The van der Waals surface area contributed by atoms with Crippen LogP contribution in [0.25, 0.3) is 0 Å². The molecule has 3 nitrogen and oxygen atoms in total. The Kier molecular flexibility index (Phi) is 3.53. The van der Waals surface area contributed by atoms with E-state index < -0.39 is 0 Å². The molecule has 1 rings (SSSR count). The van der Waals surface area contributed by atoms with Crippen LogP contribution in [0, 0.1) is 11.3 Å². The molecule has 1 amide bonds. The SMILES string of the molecule is CCC(N)CCNC(=O)C1CC1(C)C. The van der Waals surface area contributed by atoms with E-state index in [0.29, 0.717) is 0 Å². The minimum absolute atomic E-state index is 0.207. The van der Waals surface area contributed by atoms with E-state index in [-0.39, 0.29) is 23.3 Å². The fraction of sp³-hybridized carbons (Fsp3) is 0.909. The molecule has 2 atom stereocenters. The Balaban J connectivity index is 2.11. The molecule has 1 fully saturated rings. The lowest BCUT2D eigenvalue weighted by atomic mass is 10.1. The van der Waals surface area contributed by atoms with E-state index in [1.807, 2.05) is 0 Å². The summed E-state index contributed by atoms with van der Waals surface area (Å²) in [4.78, 5) is 11.5. The van der Waals surface area contributed by atoms with Crippen LogP contribution in [0.3, 0.4) is 0 Å². The zero-order chi connectivity index (χ0) is 10.8. The third kappa shape index (κ3) is 2.98. The summed E-state index contributed by atoms with van der Waals surface area (Å²) in [5.74, 6) is 0.443. The minimum atomic E-state index is 0.207. The van der Waals surface area contributed by atoms with Gasteiger partial charge in [0.2, 0.25) is 5.91 Å². The Morgan fingerprint density at radius 1 is 1.64 bits per heavy atom. The van der Waals surface area contributed by atoms with Gasteiger partial charge in [-0.25, -0.2) is 0 Å². The first-order chi connectivity index (χ1) is 6.47. The fourth-order valence-corrected chi connectivity index (χ4v) is 1.62. The van der Waals surface area contributed by atoms with Gasteiger partial charge in [0.05, 0.1) is 0 Å². The van der Waals surface area contributed by atoms with Crippen molar-refractivity contribution in [3.8, 4) is 0 Å². The Hall–Kier alpha value is -0.570. The van der Waals surface area contributed by atoms with Crippen LogP contribution in [0.1, 0.15) is 40.0 Å². The Morgan fingerprint density at radius 2 is 2.21 bits per heavy atom. The molecule has 0 heterocycles. The van der Waals surface area contributed by atoms with Crippen LogP contribution in [-0.4, -0.2) is 18.5 Å². The quantitative estimate of drug-likeness (QED) is 0.699. The second-order valence-electron chi connectivity index (χ2n) is 4.99. The van der Waals surface area contributed by atoms with Crippen molar-refractivity contribution in [3.63, 3.8) is 0 Å². The molecule has 82 valence electrons. The van der Waals surface area contributed by atoms with Crippen molar-refractivity contribution in [3.05, 3.63) is 0 Å². The average Bonchev–Trinajstić information content (AvgIpc) is 2.75. The number of carbonyl (C=O) groups is 1. The third-order valence-corrected chi connectivity index (χ3v) is 3.17. The first-order valence-electron chi connectivity index (χ1n) is 5.50. The predicted octanol–water partition coefficient (Wildman–Crippen LogP) is 1.28. The van der Waals surface area contributed by atoms with E-state index in [1.165, 1.54) is 0 Å². The van der Waals surface area contributed by atoms with E-state index in [2.05, 4.69) is 26.1 Å². The second-order valence-corrected chi connectivity index (χ2v) is 4.99. The molecule has 0 aromatic heterocycles. The normalized spacial score (nSPS) is 25.6. The van der Waals surface area contributed by atoms with Crippen molar-refractivity contribution in [2.45, 2.75) is 46.1 Å². The lowest BCUT2D eigenvalue weighted by Crippen LogP contribution is -2.31.